The minimum absolute atomic E-state index is 0.146. The summed E-state index contributed by atoms with van der Waals surface area (Å²) in [6.07, 6.45) is 2.15. The number of benzene rings is 1. The van der Waals surface area contributed by atoms with Crippen LogP contribution >= 0.6 is 24.0 Å². The molecule has 0 bridgehead atoms. The Morgan fingerprint density at radius 2 is 1.85 bits per heavy atom. The molecule has 27 heavy (non-hydrogen) atoms. The molecule has 2 rings (SSSR count). The topological polar surface area (TPSA) is 60.9 Å². The highest BCUT2D eigenvalue weighted by Crippen LogP contribution is 2.35. The monoisotopic (exact) mass is 406 g/mol. The van der Waals surface area contributed by atoms with E-state index in [1.807, 2.05) is 38.1 Å². The quantitative estimate of drug-likeness (QED) is 0.515. The highest BCUT2D eigenvalue weighted by Gasteiger charge is 2.40. The van der Waals surface area contributed by atoms with Crippen LogP contribution in [0.25, 0.3) is 6.08 Å². The van der Waals surface area contributed by atoms with Gasteiger partial charge in [0.2, 0.25) is 0 Å². The summed E-state index contributed by atoms with van der Waals surface area (Å²) in [6, 6.07) is 7.05. The van der Waals surface area contributed by atoms with E-state index in [2.05, 4.69) is 18.7 Å². The van der Waals surface area contributed by atoms with Gasteiger partial charge in [-0.1, -0.05) is 50.0 Å². The lowest BCUT2D eigenvalue weighted by Crippen LogP contribution is -2.44. The number of carbonyl (C=O) groups is 2. The van der Waals surface area contributed by atoms with Gasteiger partial charge >= 0.3 is 5.97 Å². The second-order valence-corrected chi connectivity index (χ2v) is 8.47. The molecule has 1 fully saturated rings. The molecule has 1 aromatic rings. The summed E-state index contributed by atoms with van der Waals surface area (Å²) < 4.78 is 0.305. The van der Waals surface area contributed by atoms with Crippen molar-refractivity contribution in [3.8, 4) is 0 Å². The Hall–Kier alpha value is -1.86. The van der Waals surface area contributed by atoms with Gasteiger partial charge in [0.1, 0.15) is 10.4 Å². The first-order valence-corrected chi connectivity index (χ1v) is 10.4. The molecule has 1 aromatic carbocycles. The summed E-state index contributed by atoms with van der Waals surface area (Å²) in [6.45, 7) is 9.95. The minimum Gasteiger partial charge on any atom is -0.480 e. The molecule has 7 heteroatoms. The summed E-state index contributed by atoms with van der Waals surface area (Å²) in [5.41, 5.74) is 2.02. The number of hydrogen-bond donors (Lipinski definition) is 1. The van der Waals surface area contributed by atoms with Gasteiger partial charge in [0, 0.05) is 18.8 Å². The second-order valence-electron chi connectivity index (χ2n) is 6.80. The molecule has 5 nitrogen and oxygen atoms in total. The third kappa shape index (κ3) is 5.11. The van der Waals surface area contributed by atoms with E-state index in [1.165, 1.54) is 4.90 Å². The highest BCUT2D eigenvalue weighted by atomic mass is 32.2. The summed E-state index contributed by atoms with van der Waals surface area (Å²) in [4.78, 5) is 28.4. The number of rotatable bonds is 8. The number of carboxylic acids is 1. The molecule has 1 aliphatic heterocycles. The van der Waals surface area contributed by atoms with E-state index < -0.39 is 12.0 Å². The molecule has 1 N–H and O–H groups in total. The van der Waals surface area contributed by atoms with Crippen molar-refractivity contribution in [1.82, 2.24) is 4.90 Å². The van der Waals surface area contributed by atoms with Gasteiger partial charge in [-0.15, -0.1) is 0 Å². The Labute approximate surface area is 170 Å². The zero-order chi connectivity index (χ0) is 20.1. The van der Waals surface area contributed by atoms with Crippen molar-refractivity contribution in [1.29, 1.82) is 0 Å². The van der Waals surface area contributed by atoms with E-state index >= 15 is 0 Å². The van der Waals surface area contributed by atoms with Crippen molar-refractivity contribution >= 4 is 51.9 Å². The molecule has 0 unspecified atom stereocenters. The maximum absolute atomic E-state index is 12.8. The van der Waals surface area contributed by atoms with Crippen molar-refractivity contribution in [2.75, 3.05) is 18.0 Å². The number of aliphatic carboxylic acids is 1. The van der Waals surface area contributed by atoms with Crippen molar-refractivity contribution in [2.24, 2.45) is 5.92 Å². The summed E-state index contributed by atoms with van der Waals surface area (Å²) in [5, 5.41) is 9.54. The fraction of sp³-hybridized carbons (Fsp3) is 0.450. The number of carbonyl (C=O) groups excluding carboxylic acids is 1. The van der Waals surface area contributed by atoms with E-state index in [0.29, 0.717) is 15.6 Å². The average molecular weight is 407 g/mol. The predicted molar refractivity (Wildman–Crippen MR) is 116 cm³/mol. The smallest absolute Gasteiger partial charge is 0.326 e. The van der Waals surface area contributed by atoms with Gasteiger partial charge in [0.15, 0.2) is 0 Å². The Kier molecular flexibility index (Phi) is 7.44. The Morgan fingerprint density at radius 3 is 2.33 bits per heavy atom. The van der Waals surface area contributed by atoms with Gasteiger partial charge in [0.05, 0.1) is 4.91 Å². The van der Waals surface area contributed by atoms with E-state index in [0.717, 1.165) is 36.1 Å². The lowest BCUT2D eigenvalue weighted by Gasteiger charge is -2.24. The zero-order valence-corrected chi connectivity index (χ0v) is 17.8. The Balaban J connectivity index is 2.23. The van der Waals surface area contributed by atoms with Gasteiger partial charge in [-0.2, -0.15) is 0 Å². The van der Waals surface area contributed by atoms with Crippen molar-refractivity contribution in [3.05, 3.63) is 34.7 Å². The SMILES string of the molecule is CCN(CC)c1ccc(/C=C2\SC(=S)N([C@@H](CC(C)C)C(=O)O)C2=O)cc1. The highest BCUT2D eigenvalue weighted by molar-refractivity contribution is 8.26. The molecular weight excluding hydrogens is 380 g/mol. The molecule has 1 aliphatic rings. The minimum atomic E-state index is -1.02. The molecule has 146 valence electrons. The molecule has 1 amide bonds. The maximum atomic E-state index is 12.8. The molecule has 0 radical (unpaired) electrons. The van der Waals surface area contributed by atoms with Crippen LogP contribution in [0.5, 0.6) is 0 Å². The summed E-state index contributed by atoms with van der Waals surface area (Å²) in [5.74, 6) is -1.21. The second kappa shape index (κ2) is 9.37. The van der Waals surface area contributed by atoms with Crippen LogP contribution in [0.2, 0.25) is 0 Å². The standard InChI is InChI=1S/C20H26N2O3S2/c1-5-21(6-2)15-9-7-14(8-10-15)12-17-18(23)22(20(26)27-17)16(19(24)25)11-13(3)4/h7-10,12-13,16H,5-6,11H2,1-4H3,(H,24,25)/b17-12-/t16-/m0/s1. The van der Waals surface area contributed by atoms with Gasteiger partial charge < -0.3 is 10.0 Å². The lowest BCUT2D eigenvalue weighted by molar-refractivity contribution is -0.145. The first-order valence-electron chi connectivity index (χ1n) is 9.13. The van der Waals surface area contributed by atoms with Crippen molar-refractivity contribution < 1.29 is 14.7 Å². The molecule has 0 aromatic heterocycles. The van der Waals surface area contributed by atoms with Crippen LogP contribution in [-0.2, 0) is 9.59 Å². The van der Waals surface area contributed by atoms with E-state index in [4.69, 9.17) is 12.2 Å². The van der Waals surface area contributed by atoms with Gasteiger partial charge in [0.25, 0.3) is 5.91 Å². The largest absolute Gasteiger partial charge is 0.480 e. The fourth-order valence-corrected chi connectivity index (χ4v) is 4.39. The molecule has 0 aliphatic carbocycles. The zero-order valence-electron chi connectivity index (χ0n) is 16.1. The van der Waals surface area contributed by atoms with Crippen LogP contribution in [0.4, 0.5) is 5.69 Å². The van der Waals surface area contributed by atoms with E-state index in [-0.39, 0.29) is 11.8 Å². The number of hydrogen-bond acceptors (Lipinski definition) is 5. The van der Waals surface area contributed by atoms with Crippen LogP contribution in [0.3, 0.4) is 0 Å². The summed E-state index contributed by atoms with van der Waals surface area (Å²) in [7, 11) is 0. The first kappa shape index (κ1) is 21.4. The molecule has 0 saturated carbocycles. The van der Waals surface area contributed by atoms with Crippen molar-refractivity contribution in [3.63, 3.8) is 0 Å². The first-order chi connectivity index (χ1) is 12.8. The van der Waals surface area contributed by atoms with Crippen molar-refractivity contribution in [2.45, 2.75) is 40.2 Å². The third-order valence-electron chi connectivity index (χ3n) is 4.43. The van der Waals surface area contributed by atoms with Crippen LogP contribution in [0, 0.1) is 5.92 Å². The fourth-order valence-electron chi connectivity index (χ4n) is 3.03. The number of thiocarbonyl (C=S) groups is 1. The van der Waals surface area contributed by atoms with Crippen LogP contribution < -0.4 is 4.90 Å². The van der Waals surface area contributed by atoms with E-state index in [9.17, 15) is 14.7 Å². The maximum Gasteiger partial charge on any atom is 0.326 e. The number of anilines is 1. The normalized spacial score (nSPS) is 17.1. The number of thioether (sulfide) groups is 1. The summed E-state index contributed by atoms with van der Waals surface area (Å²) >= 11 is 6.47. The predicted octanol–water partition coefficient (Wildman–Crippen LogP) is 4.23. The lowest BCUT2D eigenvalue weighted by atomic mass is 10.0. The molecule has 1 heterocycles. The Bertz CT molecular complexity index is 740. The van der Waals surface area contributed by atoms with Crippen LogP contribution in [-0.4, -0.2) is 45.3 Å². The third-order valence-corrected chi connectivity index (χ3v) is 5.76. The average Bonchev–Trinajstić information content (AvgIpc) is 2.88. The van der Waals surface area contributed by atoms with Crippen LogP contribution in [0.1, 0.15) is 39.7 Å². The van der Waals surface area contributed by atoms with E-state index in [1.54, 1.807) is 6.08 Å². The number of nitrogens with zero attached hydrogens (tertiary/aromatic N) is 2. The Morgan fingerprint density at radius 1 is 1.26 bits per heavy atom. The van der Waals surface area contributed by atoms with Gasteiger partial charge in [-0.05, 0) is 50.0 Å². The molecule has 1 atom stereocenters. The van der Waals surface area contributed by atoms with Gasteiger partial charge in [-0.3, -0.25) is 9.69 Å². The van der Waals surface area contributed by atoms with Gasteiger partial charge in [-0.25, -0.2) is 4.79 Å². The molecule has 1 saturated heterocycles. The number of carboxylic acid groups (broad SMARTS) is 1. The number of amides is 1. The molecular formula is C20H26N2O3S2. The molecule has 0 spiro atoms. The van der Waals surface area contributed by atoms with Crippen LogP contribution in [0.15, 0.2) is 29.2 Å².